The van der Waals surface area contributed by atoms with Crippen molar-refractivity contribution in [3.05, 3.63) is 24.2 Å². The van der Waals surface area contributed by atoms with Gasteiger partial charge < -0.3 is 14.6 Å². The molecule has 2 fully saturated rings. The highest BCUT2D eigenvalue weighted by molar-refractivity contribution is 5.07. The second-order valence-electron chi connectivity index (χ2n) is 6.09. The number of rotatable bonds is 5. The molecule has 0 aromatic carbocycles. The van der Waals surface area contributed by atoms with Gasteiger partial charge in [0, 0.05) is 32.2 Å². The van der Waals surface area contributed by atoms with Gasteiger partial charge in [-0.2, -0.15) is 0 Å². The van der Waals surface area contributed by atoms with Crippen molar-refractivity contribution in [2.45, 2.75) is 38.3 Å². The topological polar surface area (TPSA) is 31.6 Å². The van der Waals surface area contributed by atoms with Crippen LogP contribution < -0.4 is 5.32 Å². The van der Waals surface area contributed by atoms with Gasteiger partial charge in [-0.3, -0.25) is 4.90 Å². The maximum absolute atomic E-state index is 5.74. The van der Waals surface area contributed by atoms with E-state index in [9.17, 15) is 0 Å². The van der Waals surface area contributed by atoms with E-state index >= 15 is 0 Å². The van der Waals surface area contributed by atoms with Crippen molar-refractivity contribution in [2.75, 3.05) is 39.3 Å². The van der Waals surface area contributed by atoms with Gasteiger partial charge in [-0.15, -0.1) is 0 Å². The molecule has 4 heteroatoms. The van der Waals surface area contributed by atoms with Crippen molar-refractivity contribution in [3.63, 3.8) is 0 Å². The lowest BCUT2D eigenvalue weighted by atomic mass is 10.1. The molecule has 0 amide bonds. The Morgan fingerprint density at radius 1 is 1.35 bits per heavy atom. The Balaban J connectivity index is 1.70. The van der Waals surface area contributed by atoms with Gasteiger partial charge >= 0.3 is 0 Å². The molecule has 0 bridgehead atoms. The van der Waals surface area contributed by atoms with Crippen molar-refractivity contribution < 1.29 is 4.42 Å². The normalized spacial score (nSPS) is 26.9. The predicted molar refractivity (Wildman–Crippen MR) is 80.8 cm³/mol. The Morgan fingerprint density at radius 2 is 2.20 bits per heavy atom. The second-order valence-corrected chi connectivity index (χ2v) is 6.09. The molecule has 4 nitrogen and oxygen atoms in total. The van der Waals surface area contributed by atoms with E-state index in [1.165, 1.54) is 32.4 Å². The molecule has 2 saturated heterocycles. The van der Waals surface area contributed by atoms with E-state index in [-0.39, 0.29) is 0 Å². The Bertz CT molecular complexity index is 386. The molecule has 2 unspecified atom stereocenters. The van der Waals surface area contributed by atoms with Gasteiger partial charge in [0.25, 0.3) is 0 Å². The first kappa shape index (κ1) is 14.1. The van der Waals surface area contributed by atoms with Gasteiger partial charge in [-0.25, -0.2) is 0 Å². The van der Waals surface area contributed by atoms with Crippen molar-refractivity contribution in [3.8, 4) is 0 Å². The number of nitrogens with one attached hydrogen (secondary N) is 1. The molecule has 2 aliphatic rings. The molecule has 1 aromatic heterocycles. The Hall–Kier alpha value is -0.840. The van der Waals surface area contributed by atoms with Crippen LogP contribution in [0, 0.1) is 0 Å². The van der Waals surface area contributed by atoms with Gasteiger partial charge in [0.1, 0.15) is 5.76 Å². The van der Waals surface area contributed by atoms with Crippen LogP contribution in [-0.2, 0) is 0 Å². The Labute approximate surface area is 122 Å². The molecule has 0 radical (unpaired) electrons. The summed E-state index contributed by atoms with van der Waals surface area (Å²) in [5.41, 5.74) is 0. The van der Waals surface area contributed by atoms with Gasteiger partial charge in [0.15, 0.2) is 0 Å². The van der Waals surface area contributed by atoms with Crippen molar-refractivity contribution in [1.82, 2.24) is 15.1 Å². The first-order valence-electron chi connectivity index (χ1n) is 8.10. The third-order valence-corrected chi connectivity index (χ3v) is 4.72. The average molecular weight is 277 g/mol. The van der Waals surface area contributed by atoms with Gasteiger partial charge in [0.2, 0.25) is 0 Å². The zero-order chi connectivity index (χ0) is 13.8. The highest BCUT2D eigenvalue weighted by Gasteiger charge is 2.29. The maximum Gasteiger partial charge on any atom is 0.122 e. The maximum atomic E-state index is 5.74. The van der Waals surface area contributed by atoms with Crippen molar-refractivity contribution in [1.29, 1.82) is 0 Å². The molecule has 3 heterocycles. The summed E-state index contributed by atoms with van der Waals surface area (Å²) in [4.78, 5) is 5.21. The number of nitrogens with zero attached hydrogens (tertiary/aromatic N) is 2. The molecule has 2 atom stereocenters. The van der Waals surface area contributed by atoms with E-state index in [1.54, 1.807) is 0 Å². The molecular formula is C16H27N3O. The van der Waals surface area contributed by atoms with E-state index in [1.807, 2.05) is 12.3 Å². The van der Waals surface area contributed by atoms with Crippen LogP contribution in [0.15, 0.2) is 22.8 Å². The molecule has 0 aliphatic carbocycles. The van der Waals surface area contributed by atoms with E-state index in [4.69, 9.17) is 4.42 Å². The third kappa shape index (κ3) is 3.25. The van der Waals surface area contributed by atoms with Crippen LogP contribution >= 0.6 is 0 Å². The lowest BCUT2D eigenvalue weighted by Gasteiger charge is -2.39. The van der Waals surface area contributed by atoms with Crippen LogP contribution in [0.1, 0.15) is 38.0 Å². The minimum absolute atomic E-state index is 0.416. The monoisotopic (exact) mass is 277 g/mol. The molecule has 0 saturated carbocycles. The summed E-state index contributed by atoms with van der Waals surface area (Å²) in [6, 6.07) is 5.20. The van der Waals surface area contributed by atoms with Crippen LogP contribution in [-0.4, -0.2) is 55.1 Å². The Morgan fingerprint density at radius 3 is 2.90 bits per heavy atom. The van der Waals surface area contributed by atoms with Crippen LogP contribution in [0.5, 0.6) is 0 Å². The molecule has 1 aromatic rings. The number of piperazine rings is 1. The van der Waals surface area contributed by atoms with Gasteiger partial charge in [-0.1, -0.05) is 6.92 Å². The summed E-state index contributed by atoms with van der Waals surface area (Å²) in [6.45, 7) is 9.23. The fourth-order valence-electron chi connectivity index (χ4n) is 3.48. The molecule has 3 rings (SSSR count). The molecular weight excluding hydrogens is 250 g/mol. The first-order valence-corrected chi connectivity index (χ1v) is 8.10. The molecule has 20 heavy (non-hydrogen) atoms. The standard InChI is InChI=1S/C16H27N3O/c1-2-14-12-19(10-7-17-14)15(16-6-5-11-20-16)13-18-8-3-4-9-18/h5-6,11,14-15,17H,2-4,7-10,12-13H2,1H3. The lowest BCUT2D eigenvalue weighted by Crippen LogP contribution is -2.52. The minimum Gasteiger partial charge on any atom is -0.468 e. The molecule has 1 N–H and O–H groups in total. The van der Waals surface area contributed by atoms with E-state index in [2.05, 4.69) is 28.1 Å². The highest BCUT2D eigenvalue weighted by atomic mass is 16.3. The number of furan rings is 1. The van der Waals surface area contributed by atoms with Crippen molar-refractivity contribution >= 4 is 0 Å². The van der Waals surface area contributed by atoms with E-state index < -0.39 is 0 Å². The summed E-state index contributed by atoms with van der Waals surface area (Å²) >= 11 is 0. The lowest BCUT2D eigenvalue weighted by molar-refractivity contribution is 0.0988. The summed E-state index contributed by atoms with van der Waals surface area (Å²) in [5.74, 6) is 1.13. The predicted octanol–water partition coefficient (Wildman–Crippen LogP) is 2.10. The zero-order valence-corrected chi connectivity index (χ0v) is 12.6. The highest BCUT2D eigenvalue weighted by Crippen LogP contribution is 2.25. The average Bonchev–Trinajstić information content (AvgIpc) is 3.18. The fraction of sp³-hybridized carbons (Fsp3) is 0.750. The largest absolute Gasteiger partial charge is 0.468 e. The SMILES string of the molecule is CCC1CN(C(CN2CCCC2)c2ccco2)CCN1. The van der Waals surface area contributed by atoms with Crippen molar-refractivity contribution in [2.24, 2.45) is 0 Å². The van der Waals surface area contributed by atoms with E-state index in [0.717, 1.165) is 31.9 Å². The smallest absolute Gasteiger partial charge is 0.122 e. The molecule has 112 valence electrons. The quantitative estimate of drug-likeness (QED) is 0.893. The van der Waals surface area contributed by atoms with Gasteiger partial charge in [-0.05, 0) is 44.5 Å². The molecule has 2 aliphatic heterocycles. The zero-order valence-electron chi connectivity index (χ0n) is 12.6. The number of hydrogen-bond acceptors (Lipinski definition) is 4. The third-order valence-electron chi connectivity index (χ3n) is 4.72. The van der Waals surface area contributed by atoms with Gasteiger partial charge in [0.05, 0.1) is 12.3 Å². The Kier molecular flexibility index (Phi) is 4.76. The number of likely N-dealkylation sites (tertiary alicyclic amines) is 1. The van der Waals surface area contributed by atoms with Crippen LogP contribution in [0.4, 0.5) is 0 Å². The summed E-state index contributed by atoms with van der Waals surface area (Å²) < 4.78 is 5.74. The van der Waals surface area contributed by atoms with Crippen LogP contribution in [0.3, 0.4) is 0 Å². The fourth-order valence-corrected chi connectivity index (χ4v) is 3.48. The molecule has 0 spiro atoms. The minimum atomic E-state index is 0.416. The van der Waals surface area contributed by atoms with Crippen LogP contribution in [0.25, 0.3) is 0 Å². The second kappa shape index (κ2) is 6.74. The first-order chi connectivity index (χ1) is 9.86. The summed E-state index contributed by atoms with van der Waals surface area (Å²) in [6.07, 6.45) is 5.71. The van der Waals surface area contributed by atoms with E-state index in [0.29, 0.717) is 12.1 Å². The summed E-state index contributed by atoms with van der Waals surface area (Å²) in [7, 11) is 0. The van der Waals surface area contributed by atoms with Crippen LogP contribution in [0.2, 0.25) is 0 Å². The number of hydrogen-bond donors (Lipinski definition) is 1. The summed E-state index contributed by atoms with van der Waals surface area (Å²) in [5, 5.41) is 3.61.